The molecule has 0 fully saturated rings. The van der Waals surface area contributed by atoms with Gasteiger partial charge in [0.2, 0.25) is 0 Å². The summed E-state index contributed by atoms with van der Waals surface area (Å²) in [6, 6.07) is 7.90. The molecule has 2 aromatic rings. The number of H-pyrrole nitrogens is 1. The number of hydrazine groups is 1. The van der Waals surface area contributed by atoms with Crippen molar-refractivity contribution in [1.82, 2.24) is 20.3 Å². The van der Waals surface area contributed by atoms with E-state index in [4.69, 9.17) is 17.3 Å². The molecule has 8 N–H and O–H groups in total. The summed E-state index contributed by atoms with van der Waals surface area (Å²) in [4.78, 5) is 19.4. The molecule has 0 aliphatic heterocycles. The maximum Gasteiger partial charge on any atom is 0.251 e. The molecule has 36 heavy (non-hydrogen) atoms. The number of nitrogen functional groups attached to an aromatic ring is 1. The van der Waals surface area contributed by atoms with Gasteiger partial charge in [0.1, 0.15) is 0 Å². The van der Waals surface area contributed by atoms with Crippen LogP contribution in [0.25, 0.3) is 0 Å². The van der Waals surface area contributed by atoms with Crippen molar-refractivity contribution >= 4 is 11.9 Å². The molecule has 1 aromatic heterocycles. The Hall–Kier alpha value is -3.00. The second-order valence-corrected chi connectivity index (χ2v) is 8.91. The molecule has 8 heteroatoms. The van der Waals surface area contributed by atoms with Gasteiger partial charge in [-0.2, -0.15) is 0 Å². The number of amides is 1. The molecular formula is C28H49N7O. The van der Waals surface area contributed by atoms with Crippen molar-refractivity contribution in [3.8, 4) is 0 Å². The molecule has 0 saturated carbocycles. The van der Waals surface area contributed by atoms with Crippen molar-refractivity contribution in [3.05, 3.63) is 59.2 Å². The number of imidazole rings is 1. The van der Waals surface area contributed by atoms with Gasteiger partial charge in [0, 0.05) is 29.7 Å². The highest BCUT2D eigenvalue weighted by atomic mass is 16.1. The molecular weight excluding hydrogens is 450 g/mol. The Morgan fingerprint density at radius 1 is 1.03 bits per heavy atom. The Morgan fingerprint density at radius 3 is 2.36 bits per heavy atom. The largest absolute Gasteiger partial charge is 0.401 e. The van der Waals surface area contributed by atoms with Crippen LogP contribution >= 0.6 is 0 Å². The molecule has 0 atom stereocenters. The van der Waals surface area contributed by atoms with Crippen LogP contribution in [-0.4, -0.2) is 34.0 Å². The van der Waals surface area contributed by atoms with E-state index >= 15 is 0 Å². The van der Waals surface area contributed by atoms with Gasteiger partial charge in [-0.3, -0.25) is 4.79 Å². The van der Waals surface area contributed by atoms with Crippen molar-refractivity contribution in [2.75, 3.05) is 18.8 Å². The predicted molar refractivity (Wildman–Crippen MR) is 151 cm³/mol. The summed E-state index contributed by atoms with van der Waals surface area (Å²) in [7, 11) is 0. The van der Waals surface area contributed by atoms with E-state index < -0.39 is 0 Å². The lowest BCUT2D eigenvalue weighted by atomic mass is 10.0. The third-order valence-electron chi connectivity index (χ3n) is 5.83. The fourth-order valence-corrected chi connectivity index (χ4v) is 3.82. The Labute approximate surface area is 218 Å². The van der Waals surface area contributed by atoms with Crippen molar-refractivity contribution < 1.29 is 4.79 Å². The first-order chi connectivity index (χ1) is 17.5. The third-order valence-corrected chi connectivity index (χ3v) is 5.83. The molecule has 202 valence electrons. The van der Waals surface area contributed by atoms with Crippen molar-refractivity contribution in [1.29, 1.82) is 0 Å². The van der Waals surface area contributed by atoms with Gasteiger partial charge in [0.25, 0.3) is 5.91 Å². The molecule has 2 rings (SSSR count). The lowest BCUT2D eigenvalue weighted by Gasteiger charge is -2.15. The fourth-order valence-electron chi connectivity index (χ4n) is 3.82. The molecule has 1 aromatic carbocycles. The Bertz CT molecular complexity index is 861. The van der Waals surface area contributed by atoms with E-state index in [1.165, 1.54) is 42.7 Å². The first kappa shape index (κ1) is 31.0. The number of benzene rings is 1. The fraction of sp³-hybridized carbons (Fsp3) is 0.571. The van der Waals surface area contributed by atoms with Gasteiger partial charge in [-0.15, -0.1) is 0 Å². The van der Waals surface area contributed by atoms with E-state index in [2.05, 4.69) is 34.3 Å². The third kappa shape index (κ3) is 13.8. The van der Waals surface area contributed by atoms with Crippen molar-refractivity contribution in [2.24, 2.45) is 11.6 Å². The maximum atomic E-state index is 12.4. The van der Waals surface area contributed by atoms with Crippen LogP contribution < -0.4 is 22.6 Å². The minimum absolute atomic E-state index is 0.0844. The van der Waals surface area contributed by atoms with Gasteiger partial charge in [0.15, 0.2) is 5.95 Å². The van der Waals surface area contributed by atoms with E-state index in [1.54, 1.807) is 12.4 Å². The van der Waals surface area contributed by atoms with E-state index in [0.29, 0.717) is 24.6 Å². The van der Waals surface area contributed by atoms with Gasteiger partial charge < -0.3 is 26.8 Å². The zero-order valence-electron chi connectivity index (χ0n) is 22.7. The van der Waals surface area contributed by atoms with Crippen LogP contribution in [0.2, 0.25) is 0 Å². The van der Waals surface area contributed by atoms with E-state index in [9.17, 15) is 4.79 Å². The number of carbonyl (C=O) groups excluding carboxylic acids is 1. The summed E-state index contributed by atoms with van der Waals surface area (Å²) < 4.78 is 0. The highest BCUT2D eigenvalue weighted by molar-refractivity contribution is 5.94. The molecule has 1 amide bonds. The molecule has 1 heterocycles. The lowest BCUT2D eigenvalue weighted by Crippen LogP contribution is -2.36. The SMILES string of the molecule is CC.CCCCCCCc1ccc(C(=O)NCCN(N)/C=C(\N)CCCCCc2cnc(N)[nH]2)cc1. The number of aryl methyl sites for hydroxylation is 2. The van der Waals surface area contributed by atoms with E-state index in [0.717, 1.165) is 49.9 Å². The second-order valence-electron chi connectivity index (χ2n) is 8.91. The van der Waals surface area contributed by atoms with Crippen LogP contribution in [0.4, 0.5) is 5.95 Å². The average Bonchev–Trinajstić information content (AvgIpc) is 3.30. The normalized spacial score (nSPS) is 11.1. The average molecular weight is 500 g/mol. The first-order valence-electron chi connectivity index (χ1n) is 13.6. The summed E-state index contributed by atoms with van der Waals surface area (Å²) in [6.07, 6.45) is 15.8. The molecule has 0 spiro atoms. The molecule has 0 saturated heterocycles. The number of anilines is 1. The van der Waals surface area contributed by atoms with E-state index in [-0.39, 0.29) is 5.91 Å². The zero-order valence-corrected chi connectivity index (χ0v) is 22.7. The number of nitrogens with one attached hydrogen (secondary N) is 2. The summed E-state index contributed by atoms with van der Waals surface area (Å²) in [6.45, 7) is 7.17. The number of aromatic nitrogens is 2. The number of hydrogen-bond acceptors (Lipinski definition) is 6. The number of hydrogen-bond donors (Lipinski definition) is 5. The van der Waals surface area contributed by atoms with Crippen molar-refractivity contribution in [2.45, 2.75) is 91.4 Å². The van der Waals surface area contributed by atoms with Crippen LogP contribution in [0, 0.1) is 0 Å². The molecule has 8 nitrogen and oxygen atoms in total. The Balaban J connectivity index is 0.00000316. The molecule has 0 aliphatic rings. The van der Waals surface area contributed by atoms with Crippen LogP contribution in [-0.2, 0) is 12.8 Å². The van der Waals surface area contributed by atoms with Gasteiger partial charge >= 0.3 is 0 Å². The minimum atomic E-state index is -0.0844. The zero-order chi connectivity index (χ0) is 26.6. The predicted octanol–water partition coefficient (Wildman–Crippen LogP) is 5.04. The topological polar surface area (TPSA) is 139 Å². The second kappa shape index (κ2) is 19.2. The number of aromatic amines is 1. The number of unbranched alkanes of at least 4 members (excludes halogenated alkanes) is 6. The molecule has 0 bridgehead atoms. The van der Waals surface area contributed by atoms with E-state index in [1.807, 2.05) is 26.0 Å². The van der Waals surface area contributed by atoms with Gasteiger partial charge in [0.05, 0.1) is 12.7 Å². The smallest absolute Gasteiger partial charge is 0.251 e. The lowest BCUT2D eigenvalue weighted by molar-refractivity contribution is 0.0951. The number of nitrogens with zero attached hydrogens (tertiary/aromatic N) is 2. The van der Waals surface area contributed by atoms with Crippen LogP contribution in [0.1, 0.15) is 100 Å². The summed E-state index contributed by atoms with van der Waals surface area (Å²) in [5.74, 6) is 6.38. The summed E-state index contributed by atoms with van der Waals surface area (Å²) in [5.41, 5.74) is 15.4. The maximum absolute atomic E-state index is 12.4. The monoisotopic (exact) mass is 499 g/mol. The Kier molecular flexibility index (Phi) is 16.6. The number of allylic oxidation sites excluding steroid dienone is 1. The summed E-state index contributed by atoms with van der Waals surface area (Å²) >= 11 is 0. The standard InChI is InChI=1S/C26H43N7O.C2H6/c1-2-3-4-5-7-10-21-13-15-22(16-14-21)25(34)30-17-18-33(29)20-23(27)11-8-6-9-12-24-19-31-26(28)32-24;1-2/h13-16,19-20H,2-12,17-18,27,29H2,1H3,(H,30,34)(H3,28,31,32);1-2H3/b23-20-;. The molecule has 0 radical (unpaired) electrons. The highest BCUT2D eigenvalue weighted by Crippen LogP contribution is 2.11. The van der Waals surface area contributed by atoms with Gasteiger partial charge in [-0.1, -0.05) is 65.0 Å². The Morgan fingerprint density at radius 2 is 1.69 bits per heavy atom. The molecule has 0 aliphatic carbocycles. The number of rotatable bonds is 17. The quantitative estimate of drug-likeness (QED) is 0.117. The van der Waals surface area contributed by atoms with Crippen LogP contribution in [0.3, 0.4) is 0 Å². The molecule has 0 unspecified atom stereocenters. The number of carbonyl (C=O) groups is 1. The minimum Gasteiger partial charge on any atom is -0.401 e. The first-order valence-corrected chi connectivity index (χ1v) is 13.6. The van der Waals surface area contributed by atoms with Crippen LogP contribution in [0.5, 0.6) is 0 Å². The van der Waals surface area contributed by atoms with Gasteiger partial charge in [-0.05, 0) is 56.2 Å². The summed E-state index contributed by atoms with van der Waals surface area (Å²) in [5, 5.41) is 4.45. The van der Waals surface area contributed by atoms with Crippen LogP contribution in [0.15, 0.2) is 42.4 Å². The van der Waals surface area contributed by atoms with Gasteiger partial charge in [-0.25, -0.2) is 10.8 Å². The number of nitrogens with two attached hydrogens (primary N) is 3. The highest BCUT2D eigenvalue weighted by Gasteiger charge is 2.06. The van der Waals surface area contributed by atoms with Crippen molar-refractivity contribution in [3.63, 3.8) is 0 Å².